The number of rotatable bonds is 5. The minimum Gasteiger partial charge on any atom is -0.507 e. The molecule has 0 fully saturated rings. The monoisotopic (exact) mass is 272 g/mol. The van der Waals surface area contributed by atoms with Crippen LogP contribution in [-0.4, -0.2) is 33.6 Å². The van der Waals surface area contributed by atoms with Gasteiger partial charge < -0.3 is 10.1 Å². The summed E-state index contributed by atoms with van der Waals surface area (Å²) in [4.78, 5) is 5.61. The summed E-state index contributed by atoms with van der Waals surface area (Å²) < 4.78 is 0. The number of phenols is 1. The Balaban J connectivity index is 2.18. The van der Waals surface area contributed by atoms with Crippen molar-refractivity contribution in [1.29, 1.82) is 0 Å². The van der Waals surface area contributed by atoms with E-state index in [0.29, 0.717) is 5.75 Å². The highest BCUT2D eigenvalue weighted by Crippen LogP contribution is 2.28. The maximum atomic E-state index is 10.0. The van der Waals surface area contributed by atoms with Gasteiger partial charge in [-0.05, 0) is 44.9 Å². The van der Waals surface area contributed by atoms with Gasteiger partial charge in [-0.25, -0.2) is 0 Å². The van der Waals surface area contributed by atoms with Crippen molar-refractivity contribution in [2.24, 2.45) is 0 Å². The Morgan fingerprint density at radius 2 is 2.10 bits per heavy atom. The van der Waals surface area contributed by atoms with E-state index in [1.165, 1.54) is 0 Å². The van der Waals surface area contributed by atoms with Gasteiger partial charge in [0.05, 0.1) is 0 Å². The lowest BCUT2D eigenvalue weighted by Gasteiger charge is -2.34. The third kappa shape index (κ3) is 3.05. The second-order valence-corrected chi connectivity index (χ2v) is 6.17. The van der Waals surface area contributed by atoms with Crippen LogP contribution in [0.3, 0.4) is 0 Å². The molecule has 0 aliphatic heterocycles. The molecule has 0 saturated heterocycles. The van der Waals surface area contributed by atoms with Gasteiger partial charge in [0.15, 0.2) is 0 Å². The van der Waals surface area contributed by atoms with Gasteiger partial charge in [0.2, 0.25) is 0 Å². The van der Waals surface area contributed by atoms with Crippen molar-refractivity contribution in [2.75, 3.05) is 13.1 Å². The van der Waals surface area contributed by atoms with Crippen LogP contribution in [0.5, 0.6) is 5.75 Å². The van der Waals surface area contributed by atoms with Gasteiger partial charge in [-0.3, -0.25) is 4.90 Å². The Labute approximate surface area is 120 Å². The first-order valence-corrected chi connectivity index (χ1v) is 7.07. The van der Waals surface area contributed by atoms with E-state index >= 15 is 0 Å². The van der Waals surface area contributed by atoms with Gasteiger partial charge >= 0.3 is 0 Å². The normalized spacial score (nSPS) is 12.2. The van der Waals surface area contributed by atoms with Crippen LogP contribution in [0, 0.1) is 0 Å². The Kier molecular flexibility index (Phi) is 4.19. The van der Waals surface area contributed by atoms with E-state index in [2.05, 4.69) is 37.2 Å². The number of H-pyrrole nitrogens is 1. The summed E-state index contributed by atoms with van der Waals surface area (Å²) in [5.41, 5.74) is 2.27. The zero-order valence-corrected chi connectivity index (χ0v) is 12.6. The predicted octanol–water partition coefficient (Wildman–Crippen LogP) is 3.70. The molecule has 2 rings (SSSR count). The van der Waals surface area contributed by atoms with Crippen LogP contribution < -0.4 is 0 Å². The summed E-state index contributed by atoms with van der Waals surface area (Å²) in [5, 5.41) is 11.0. The SMILES string of the molecule is C=CCN(CCc1c[nH]c2cccc(O)c12)C(C)(C)C. The molecular weight excluding hydrogens is 248 g/mol. The number of aromatic amines is 1. The summed E-state index contributed by atoms with van der Waals surface area (Å²) in [7, 11) is 0. The lowest BCUT2D eigenvalue weighted by Crippen LogP contribution is -2.42. The number of fused-ring (bicyclic) bond motifs is 1. The highest BCUT2D eigenvalue weighted by molar-refractivity contribution is 5.88. The largest absolute Gasteiger partial charge is 0.507 e. The second kappa shape index (κ2) is 5.71. The third-order valence-electron chi connectivity index (χ3n) is 3.71. The number of benzene rings is 1. The number of nitrogens with one attached hydrogen (secondary N) is 1. The van der Waals surface area contributed by atoms with Crippen LogP contribution in [0.1, 0.15) is 26.3 Å². The number of aromatic hydroxyl groups is 1. The van der Waals surface area contributed by atoms with E-state index < -0.39 is 0 Å². The zero-order valence-electron chi connectivity index (χ0n) is 12.6. The summed E-state index contributed by atoms with van der Waals surface area (Å²) in [6, 6.07) is 5.59. The van der Waals surface area contributed by atoms with E-state index in [-0.39, 0.29) is 5.54 Å². The Bertz CT molecular complexity index is 593. The molecule has 1 aromatic carbocycles. The molecule has 0 bridgehead atoms. The van der Waals surface area contributed by atoms with Crippen LogP contribution in [0.15, 0.2) is 37.1 Å². The predicted molar refractivity (Wildman–Crippen MR) is 85.2 cm³/mol. The van der Waals surface area contributed by atoms with Crippen molar-refractivity contribution in [1.82, 2.24) is 9.88 Å². The first-order valence-electron chi connectivity index (χ1n) is 7.07. The van der Waals surface area contributed by atoms with E-state index in [4.69, 9.17) is 0 Å². The summed E-state index contributed by atoms with van der Waals surface area (Å²) >= 11 is 0. The fraction of sp³-hybridized carbons (Fsp3) is 0.412. The molecular formula is C17H24N2O. The van der Waals surface area contributed by atoms with Crippen LogP contribution >= 0.6 is 0 Å². The minimum absolute atomic E-state index is 0.113. The van der Waals surface area contributed by atoms with E-state index in [1.54, 1.807) is 6.07 Å². The first kappa shape index (κ1) is 14.7. The van der Waals surface area contributed by atoms with Crippen molar-refractivity contribution in [3.8, 4) is 5.75 Å². The van der Waals surface area contributed by atoms with Gasteiger partial charge in [0.25, 0.3) is 0 Å². The van der Waals surface area contributed by atoms with Crippen molar-refractivity contribution < 1.29 is 5.11 Å². The molecule has 1 aromatic heterocycles. The standard InChI is InChI=1S/C17H24N2O/c1-5-10-19(17(2,3)4)11-9-13-12-18-14-7-6-8-15(20)16(13)14/h5-8,12,18,20H,1,9-11H2,2-4H3. The highest BCUT2D eigenvalue weighted by Gasteiger charge is 2.20. The smallest absolute Gasteiger partial charge is 0.125 e. The molecule has 0 aliphatic carbocycles. The number of hydrogen-bond donors (Lipinski definition) is 2. The van der Waals surface area contributed by atoms with E-state index in [0.717, 1.165) is 36.0 Å². The Morgan fingerprint density at radius 1 is 1.35 bits per heavy atom. The number of nitrogens with zero attached hydrogens (tertiary/aromatic N) is 1. The van der Waals surface area contributed by atoms with Crippen LogP contribution in [0.2, 0.25) is 0 Å². The molecule has 0 aliphatic rings. The second-order valence-electron chi connectivity index (χ2n) is 6.17. The van der Waals surface area contributed by atoms with E-state index in [1.807, 2.05) is 24.4 Å². The van der Waals surface area contributed by atoms with Gasteiger partial charge in [-0.1, -0.05) is 12.1 Å². The van der Waals surface area contributed by atoms with E-state index in [9.17, 15) is 5.11 Å². The van der Waals surface area contributed by atoms with Crippen molar-refractivity contribution >= 4 is 10.9 Å². The summed E-state index contributed by atoms with van der Waals surface area (Å²) in [5.74, 6) is 0.352. The molecule has 0 unspecified atom stereocenters. The molecule has 2 aromatic rings. The average molecular weight is 272 g/mol. The zero-order chi connectivity index (χ0) is 14.8. The maximum Gasteiger partial charge on any atom is 0.125 e. The molecule has 3 nitrogen and oxygen atoms in total. The molecule has 0 saturated carbocycles. The van der Waals surface area contributed by atoms with Gasteiger partial charge in [-0.15, -0.1) is 6.58 Å². The minimum atomic E-state index is 0.113. The number of hydrogen-bond acceptors (Lipinski definition) is 2. The first-order chi connectivity index (χ1) is 9.43. The summed E-state index contributed by atoms with van der Waals surface area (Å²) in [6.07, 6.45) is 4.85. The molecule has 1 heterocycles. The molecule has 0 radical (unpaired) electrons. The van der Waals surface area contributed by atoms with Crippen molar-refractivity contribution in [3.05, 3.63) is 42.6 Å². The van der Waals surface area contributed by atoms with Crippen molar-refractivity contribution in [2.45, 2.75) is 32.7 Å². The van der Waals surface area contributed by atoms with Gasteiger partial charge in [-0.2, -0.15) is 0 Å². The molecule has 3 heteroatoms. The quantitative estimate of drug-likeness (QED) is 0.815. The third-order valence-corrected chi connectivity index (χ3v) is 3.71. The number of aromatic nitrogens is 1. The highest BCUT2D eigenvalue weighted by atomic mass is 16.3. The average Bonchev–Trinajstić information content (AvgIpc) is 2.78. The molecule has 0 amide bonds. The van der Waals surface area contributed by atoms with Gasteiger partial charge in [0, 0.05) is 35.7 Å². The number of phenolic OH excluding ortho intramolecular Hbond substituents is 1. The van der Waals surface area contributed by atoms with Crippen molar-refractivity contribution in [3.63, 3.8) is 0 Å². The topological polar surface area (TPSA) is 39.3 Å². The molecule has 0 spiro atoms. The Hall–Kier alpha value is -1.74. The lowest BCUT2D eigenvalue weighted by molar-refractivity contribution is 0.156. The molecule has 108 valence electrons. The molecule has 2 N–H and O–H groups in total. The van der Waals surface area contributed by atoms with Crippen LogP contribution in [0.25, 0.3) is 10.9 Å². The van der Waals surface area contributed by atoms with Gasteiger partial charge in [0.1, 0.15) is 5.75 Å². The molecule has 0 atom stereocenters. The summed E-state index contributed by atoms with van der Waals surface area (Å²) in [6.45, 7) is 12.3. The maximum absolute atomic E-state index is 10.0. The fourth-order valence-electron chi connectivity index (χ4n) is 2.54. The lowest BCUT2D eigenvalue weighted by atomic mass is 10.0. The Morgan fingerprint density at radius 3 is 2.75 bits per heavy atom. The van der Waals surface area contributed by atoms with Crippen LogP contribution in [-0.2, 0) is 6.42 Å². The fourth-order valence-corrected chi connectivity index (χ4v) is 2.54. The van der Waals surface area contributed by atoms with Crippen LogP contribution in [0.4, 0.5) is 0 Å². The molecule has 20 heavy (non-hydrogen) atoms.